The Balaban J connectivity index is 1.24. The van der Waals surface area contributed by atoms with Crippen LogP contribution in [0.4, 0.5) is 26.0 Å². The van der Waals surface area contributed by atoms with Gasteiger partial charge < -0.3 is 20.0 Å². The van der Waals surface area contributed by atoms with E-state index in [2.05, 4.69) is 20.2 Å². The summed E-state index contributed by atoms with van der Waals surface area (Å²) < 4.78 is 35.6. The Labute approximate surface area is 213 Å². The maximum absolute atomic E-state index is 13.8. The van der Waals surface area contributed by atoms with Crippen LogP contribution in [0.3, 0.4) is 0 Å². The van der Waals surface area contributed by atoms with E-state index in [-0.39, 0.29) is 25.9 Å². The predicted molar refractivity (Wildman–Crippen MR) is 138 cm³/mol. The number of hydrogen-bond donors (Lipinski definition) is 1. The van der Waals surface area contributed by atoms with Crippen molar-refractivity contribution >= 4 is 22.7 Å². The van der Waals surface area contributed by atoms with E-state index in [1.165, 1.54) is 19.3 Å². The quantitative estimate of drug-likeness (QED) is 0.386. The third-order valence-electron chi connectivity index (χ3n) is 8.17. The molecule has 2 atom stereocenters. The van der Waals surface area contributed by atoms with E-state index >= 15 is 0 Å². The molecule has 1 saturated carbocycles. The number of rotatable bonds is 4. The number of hydrogen-bond acceptors (Lipinski definition) is 7. The van der Waals surface area contributed by atoms with Gasteiger partial charge in [-0.15, -0.1) is 10.2 Å². The Morgan fingerprint density at radius 1 is 0.919 bits per heavy atom. The van der Waals surface area contributed by atoms with Crippen molar-refractivity contribution < 1.29 is 13.2 Å². The van der Waals surface area contributed by atoms with Crippen LogP contribution < -0.4 is 15.5 Å². The van der Waals surface area contributed by atoms with E-state index in [4.69, 9.17) is 10.2 Å². The molecule has 3 aromatic heterocycles. The van der Waals surface area contributed by atoms with Crippen molar-refractivity contribution in [3.63, 3.8) is 0 Å². The fourth-order valence-corrected chi connectivity index (χ4v) is 6.27. The molecule has 5 heterocycles. The number of piperidine rings is 2. The fraction of sp³-hybridized carbons (Fsp3) is 0.444. The average molecular weight is 506 g/mol. The van der Waals surface area contributed by atoms with Crippen molar-refractivity contribution in [2.24, 2.45) is 11.8 Å². The van der Waals surface area contributed by atoms with Gasteiger partial charge in [-0.25, -0.2) is 13.3 Å². The molecule has 2 unspecified atom stereocenters. The van der Waals surface area contributed by atoms with Gasteiger partial charge in [0, 0.05) is 50.3 Å². The van der Waals surface area contributed by atoms with Gasteiger partial charge in [-0.3, -0.25) is 0 Å². The summed E-state index contributed by atoms with van der Waals surface area (Å²) in [5.74, 6) is 0.385. The molecule has 4 aromatic rings. The molecule has 8 nitrogen and oxygen atoms in total. The summed E-state index contributed by atoms with van der Waals surface area (Å²) in [6, 6.07) is 11.5. The van der Waals surface area contributed by atoms with Crippen LogP contribution in [0.25, 0.3) is 28.4 Å². The van der Waals surface area contributed by atoms with Crippen molar-refractivity contribution in [2.75, 3.05) is 41.7 Å². The molecular weight excluding hydrogens is 476 g/mol. The molecule has 1 aliphatic carbocycles. The number of nitrogen functional groups attached to an aromatic ring is 1. The first-order valence-electron chi connectivity index (χ1n) is 13.0. The van der Waals surface area contributed by atoms with E-state index in [9.17, 15) is 8.78 Å². The molecule has 2 bridgehead atoms. The van der Waals surface area contributed by atoms with Gasteiger partial charge in [0.1, 0.15) is 5.82 Å². The molecule has 37 heavy (non-hydrogen) atoms. The molecule has 0 radical (unpaired) electrons. The van der Waals surface area contributed by atoms with Gasteiger partial charge >= 0.3 is 0 Å². The zero-order valence-corrected chi connectivity index (χ0v) is 20.5. The number of nitrogens with zero attached hydrogens (tertiary/aromatic N) is 6. The summed E-state index contributed by atoms with van der Waals surface area (Å²) in [4.78, 5) is 4.37. The predicted octanol–water partition coefficient (Wildman–Crippen LogP) is 5.11. The summed E-state index contributed by atoms with van der Waals surface area (Å²) in [6.07, 6.45) is 5.24. The van der Waals surface area contributed by atoms with Gasteiger partial charge in [0.2, 0.25) is 11.8 Å². The van der Waals surface area contributed by atoms with Crippen LogP contribution in [0.2, 0.25) is 0 Å². The highest BCUT2D eigenvalue weighted by molar-refractivity contribution is 5.78. The minimum Gasteiger partial charge on any atom is -0.416 e. The smallest absolute Gasteiger partial charge is 0.251 e. The molecule has 3 fully saturated rings. The molecule has 0 amide bonds. The van der Waals surface area contributed by atoms with Crippen molar-refractivity contribution in [1.29, 1.82) is 0 Å². The first kappa shape index (κ1) is 22.5. The summed E-state index contributed by atoms with van der Waals surface area (Å²) in [7, 11) is 0. The van der Waals surface area contributed by atoms with Crippen LogP contribution in [-0.2, 0) is 0 Å². The number of nitrogens with two attached hydrogens (primary N) is 1. The standard InChI is InChI=1S/C27H29F2N7O/c28-27(29)6-9-34(10-7-27)24-13-19(12-21-5-8-31-36(21)24)25-32-33-26(37-25)22-4-3-20(30)14-23(22)35-15-17-1-2-18(11-17)16-35/h3-5,8,12-14,17-18H,1-2,6-7,9-11,15-16,30H2. The minimum absolute atomic E-state index is 0.178. The Hall–Kier alpha value is -3.69. The molecule has 2 N–H and O–H groups in total. The molecule has 2 aliphatic heterocycles. The van der Waals surface area contributed by atoms with E-state index < -0.39 is 5.92 Å². The van der Waals surface area contributed by atoms with Crippen LogP contribution in [0.15, 0.2) is 47.0 Å². The lowest BCUT2D eigenvalue weighted by molar-refractivity contribution is -0.0222. The zero-order valence-electron chi connectivity index (χ0n) is 20.5. The van der Waals surface area contributed by atoms with Gasteiger partial charge in [0.05, 0.1) is 23.0 Å². The van der Waals surface area contributed by atoms with E-state index in [1.807, 2.05) is 41.3 Å². The molecule has 1 aromatic carbocycles. The molecule has 2 saturated heterocycles. The summed E-state index contributed by atoms with van der Waals surface area (Å²) >= 11 is 0. The number of fused-ring (bicyclic) bond motifs is 3. The first-order chi connectivity index (χ1) is 17.9. The second-order valence-corrected chi connectivity index (χ2v) is 10.8. The fourth-order valence-electron chi connectivity index (χ4n) is 6.27. The summed E-state index contributed by atoms with van der Waals surface area (Å²) in [5.41, 5.74) is 10.4. The Morgan fingerprint density at radius 3 is 2.46 bits per heavy atom. The first-order valence-corrected chi connectivity index (χ1v) is 13.0. The lowest BCUT2D eigenvalue weighted by atomic mass is 9.97. The molecule has 192 valence electrons. The molecular formula is C27H29F2N7O. The van der Waals surface area contributed by atoms with Crippen LogP contribution in [-0.4, -0.2) is 51.9 Å². The monoisotopic (exact) mass is 505 g/mol. The summed E-state index contributed by atoms with van der Waals surface area (Å²) in [6.45, 7) is 2.55. The van der Waals surface area contributed by atoms with E-state index in [0.29, 0.717) is 17.5 Å². The lowest BCUT2D eigenvalue weighted by Crippen LogP contribution is -2.40. The highest BCUT2D eigenvalue weighted by Crippen LogP contribution is 2.42. The second kappa shape index (κ2) is 8.43. The van der Waals surface area contributed by atoms with Gasteiger partial charge in [-0.05, 0) is 67.5 Å². The topological polar surface area (TPSA) is 88.7 Å². The van der Waals surface area contributed by atoms with Crippen molar-refractivity contribution in [3.8, 4) is 22.9 Å². The normalized spacial score (nSPS) is 23.2. The highest BCUT2D eigenvalue weighted by atomic mass is 19.3. The van der Waals surface area contributed by atoms with Gasteiger partial charge in [-0.2, -0.15) is 5.10 Å². The minimum atomic E-state index is -2.62. The van der Waals surface area contributed by atoms with Crippen LogP contribution in [0.5, 0.6) is 0 Å². The molecule has 0 spiro atoms. The zero-order chi connectivity index (χ0) is 25.1. The van der Waals surface area contributed by atoms with Gasteiger partial charge in [0.25, 0.3) is 5.92 Å². The Morgan fingerprint density at radius 2 is 1.68 bits per heavy atom. The highest BCUT2D eigenvalue weighted by Gasteiger charge is 2.36. The number of benzene rings is 1. The number of anilines is 3. The van der Waals surface area contributed by atoms with Crippen molar-refractivity contribution in [3.05, 3.63) is 42.6 Å². The maximum Gasteiger partial charge on any atom is 0.251 e. The molecule has 3 aliphatic rings. The Bertz CT molecular complexity index is 1440. The number of halogens is 2. The SMILES string of the molecule is Nc1ccc(-c2nnc(-c3cc(N4CCC(F)(F)CC4)n4nccc4c3)o2)c(N2CC3CCC(C3)C2)c1. The third-order valence-corrected chi connectivity index (χ3v) is 8.17. The number of pyridine rings is 1. The third kappa shape index (κ3) is 4.08. The molecule has 7 rings (SSSR count). The number of aromatic nitrogens is 4. The van der Waals surface area contributed by atoms with Gasteiger partial charge in [-0.1, -0.05) is 0 Å². The second-order valence-electron chi connectivity index (χ2n) is 10.8. The lowest BCUT2D eigenvalue weighted by Gasteiger charge is -2.34. The number of alkyl halides is 2. The van der Waals surface area contributed by atoms with Crippen LogP contribution >= 0.6 is 0 Å². The summed E-state index contributed by atoms with van der Waals surface area (Å²) in [5, 5.41) is 13.2. The van der Waals surface area contributed by atoms with E-state index in [0.717, 1.165) is 53.1 Å². The van der Waals surface area contributed by atoms with Crippen molar-refractivity contribution in [2.45, 2.75) is 38.0 Å². The molecule has 10 heteroatoms. The Kier molecular flexibility index (Phi) is 5.12. The van der Waals surface area contributed by atoms with Gasteiger partial charge in [0.15, 0.2) is 0 Å². The maximum atomic E-state index is 13.8. The van der Waals surface area contributed by atoms with E-state index in [1.54, 1.807) is 10.7 Å². The average Bonchev–Trinajstić information content (AvgIpc) is 3.63. The van der Waals surface area contributed by atoms with Crippen LogP contribution in [0, 0.1) is 11.8 Å². The largest absolute Gasteiger partial charge is 0.416 e. The van der Waals surface area contributed by atoms with Crippen molar-refractivity contribution in [1.82, 2.24) is 19.8 Å². The van der Waals surface area contributed by atoms with Crippen LogP contribution in [0.1, 0.15) is 32.1 Å².